The third-order valence-corrected chi connectivity index (χ3v) is 16.9. The Balaban J connectivity index is 0.000000157. The smallest absolute Gasteiger partial charge is 0.444 e. The second-order valence-electron chi connectivity index (χ2n) is 26.7. The number of carbonyl (C=O) groups excluding carboxylic acids is 2. The quantitative estimate of drug-likeness (QED) is 0.0853. The zero-order valence-electron chi connectivity index (χ0n) is 55.8. The number of aryl methyl sites for hydroxylation is 4. The van der Waals surface area contributed by atoms with Crippen molar-refractivity contribution in [2.24, 2.45) is 28.2 Å². The minimum atomic E-state index is -0.590. The summed E-state index contributed by atoms with van der Waals surface area (Å²) in [6.45, 7) is 23.0. The first-order valence-corrected chi connectivity index (χ1v) is 32.4. The summed E-state index contributed by atoms with van der Waals surface area (Å²) < 4.78 is 33.4. The van der Waals surface area contributed by atoms with Crippen LogP contribution in [-0.4, -0.2) is 150 Å². The molecule has 94 heavy (non-hydrogen) atoms. The largest absolute Gasteiger partial charge is 0.496 e. The first-order chi connectivity index (χ1) is 44.3. The number of aromatic nitrogens is 14. The van der Waals surface area contributed by atoms with Crippen LogP contribution in [0.2, 0.25) is 5.15 Å². The van der Waals surface area contributed by atoms with Crippen molar-refractivity contribution in [2.45, 2.75) is 141 Å². The van der Waals surface area contributed by atoms with Gasteiger partial charge in [-0.3, -0.25) is 47.6 Å². The highest BCUT2D eigenvalue weighted by Crippen LogP contribution is 2.37. The molecule has 0 N–H and O–H groups in total. The zero-order valence-corrected chi connectivity index (χ0v) is 58.0. The van der Waals surface area contributed by atoms with Crippen molar-refractivity contribution in [2.75, 3.05) is 26.2 Å². The Labute approximate surface area is 560 Å². The summed E-state index contributed by atoms with van der Waals surface area (Å²) in [7, 11) is 6.85. The van der Waals surface area contributed by atoms with E-state index in [1.165, 1.54) is 0 Å². The summed E-state index contributed by atoms with van der Waals surface area (Å²) in [5, 5.41) is 8.72. The fourth-order valence-corrected chi connectivity index (χ4v) is 11.6. The number of ether oxygens (including phenoxy) is 2. The Morgan fingerprint density at radius 2 is 1.02 bits per heavy atom. The van der Waals surface area contributed by atoms with Crippen LogP contribution in [0.5, 0.6) is 0 Å². The molecule has 0 radical (unpaired) electrons. The number of hydrogen-bond donors (Lipinski definition) is 0. The van der Waals surface area contributed by atoms with Crippen LogP contribution in [0, 0.1) is 0 Å². The molecule has 0 spiro atoms. The second kappa shape index (κ2) is 27.2. The second-order valence-corrected chi connectivity index (χ2v) is 28.7. The summed E-state index contributed by atoms with van der Waals surface area (Å²) in [4.78, 5) is 82.8. The lowest BCUT2D eigenvalue weighted by Crippen LogP contribution is -2.45. The molecule has 3 aliphatic heterocycles. The zero-order chi connectivity index (χ0) is 67.9. The molecule has 496 valence electrons. The van der Waals surface area contributed by atoms with Gasteiger partial charge in [0.1, 0.15) is 32.2 Å². The van der Waals surface area contributed by atoms with Crippen molar-refractivity contribution >= 4 is 104 Å². The Kier molecular flexibility index (Phi) is 19.9. The van der Waals surface area contributed by atoms with Crippen molar-refractivity contribution in [1.82, 2.24) is 77.5 Å². The number of amides is 2. The highest BCUT2D eigenvalue weighted by molar-refractivity contribution is 6.62. The van der Waals surface area contributed by atoms with Crippen molar-refractivity contribution in [3.8, 4) is 33.8 Å². The molecule has 3 aliphatic rings. The molecule has 10 aromatic heterocycles. The molecule has 2 unspecified atom stereocenters. The van der Waals surface area contributed by atoms with Gasteiger partial charge >= 0.3 is 30.7 Å². The van der Waals surface area contributed by atoms with Crippen LogP contribution in [0.25, 0.3) is 77.9 Å². The van der Waals surface area contributed by atoms with Gasteiger partial charge < -0.3 is 28.6 Å². The van der Waals surface area contributed by atoms with E-state index >= 15 is 0 Å². The molecule has 2 atom stereocenters. The van der Waals surface area contributed by atoms with E-state index in [4.69, 9.17) is 58.6 Å². The fraction of sp³-hybridized carbons (Fsp3) is 0.455. The summed E-state index contributed by atoms with van der Waals surface area (Å²) in [6.07, 6.45) is 16.8. The van der Waals surface area contributed by atoms with Crippen molar-refractivity contribution in [1.29, 1.82) is 0 Å². The maximum atomic E-state index is 13.6. The van der Waals surface area contributed by atoms with Crippen LogP contribution in [0.1, 0.15) is 114 Å². The number of imidazole rings is 2. The molecular formula is C66H80BCl3N16O8. The normalized spacial score (nSPS) is 17.2. The number of piperidine rings is 2. The number of likely N-dealkylation sites (tertiary alicyclic amines) is 2. The van der Waals surface area contributed by atoms with Crippen molar-refractivity contribution < 1.29 is 28.4 Å². The van der Waals surface area contributed by atoms with Gasteiger partial charge in [-0.2, -0.15) is 10.2 Å². The molecule has 13 heterocycles. The SMILES string of the molecule is CC(Cl)Cl.Cn1c(=O)n(C2CCCN(C(=O)OC(C)(C)C)C2)c2c3nc(Cl)ccc3ncc21.Cn1cc(-c2ccc(-c3ccc4ncc5c(c4n3)n(C3CCCN(C(=O)OC(C)(C)C)C3)c(=O)n5C)cn2)cn1.Cn1cc(-c2ccc(B3OC(C)(C)C(C)(C)O3)cn2)cn1. The van der Waals surface area contributed by atoms with E-state index < -0.39 is 11.2 Å². The van der Waals surface area contributed by atoms with Crippen LogP contribution >= 0.6 is 34.8 Å². The molecule has 3 fully saturated rings. The molecule has 0 aromatic carbocycles. The third kappa shape index (κ3) is 15.1. The lowest BCUT2D eigenvalue weighted by molar-refractivity contribution is 0.00578. The minimum absolute atomic E-state index is 0.157. The van der Waals surface area contributed by atoms with Crippen molar-refractivity contribution in [3.05, 3.63) is 124 Å². The van der Waals surface area contributed by atoms with Crippen LogP contribution in [0.4, 0.5) is 9.59 Å². The van der Waals surface area contributed by atoms with Crippen LogP contribution < -0.4 is 16.8 Å². The summed E-state index contributed by atoms with van der Waals surface area (Å²) in [6, 6.07) is 14.8. The van der Waals surface area contributed by atoms with Gasteiger partial charge in [0.2, 0.25) is 0 Å². The average molecular weight is 1340 g/mol. The average Bonchev–Trinajstić information content (AvgIpc) is 1.59. The van der Waals surface area contributed by atoms with E-state index in [1.807, 2.05) is 138 Å². The van der Waals surface area contributed by atoms with Gasteiger partial charge in [0, 0.05) is 101 Å². The van der Waals surface area contributed by atoms with Gasteiger partial charge in [-0.05, 0) is 144 Å². The predicted molar refractivity (Wildman–Crippen MR) is 366 cm³/mol. The van der Waals surface area contributed by atoms with E-state index in [9.17, 15) is 19.2 Å². The molecule has 3 saturated heterocycles. The van der Waals surface area contributed by atoms with Gasteiger partial charge in [-0.15, -0.1) is 23.2 Å². The number of halogens is 3. The molecule has 13 rings (SSSR count). The first kappa shape index (κ1) is 68.6. The predicted octanol–water partition coefficient (Wildman–Crippen LogP) is 11.4. The molecule has 24 nitrogen and oxygen atoms in total. The maximum Gasteiger partial charge on any atom is 0.496 e. The van der Waals surface area contributed by atoms with Gasteiger partial charge in [-0.1, -0.05) is 17.7 Å². The van der Waals surface area contributed by atoms with Gasteiger partial charge in [0.05, 0.1) is 98.3 Å². The summed E-state index contributed by atoms with van der Waals surface area (Å²) >= 11 is 16.2. The lowest BCUT2D eigenvalue weighted by Gasteiger charge is -2.34. The number of fused-ring (bicyclic) bond motifs is 6. The topological polar surface area (TPSA) is 244 Å². The minimum Gasteiger partial charge on any atom is -0.444 e. The van der Waals surface area contributed by atoms with Gasteiger partial charge in [0.25, 0.3) is 0 Å². The summed E-state index contributed by atoms with van der Waals surface area (Å²) in [5.41, 5.74) is 9.40. The number of alkyl halides is 2. The van der Waals surface area contributed by atoms with E-state index in [0.717, 1.165) is 70.4 Å². The van der Waals surface area contributed by atoms with Crippen LogP contribution in [-0.2, 0) is 47.0 Å². The highest BCUT2D eigenvalue weighted by atomic mass is 35.5. The number of nitrogens with zero attached hydrogens (tertiary/aromatic N) is 16. The Morgan fingerprint density at radius 1 is 0.585 bits per heavy atom. The Morgan fingerprint density at radius 3 is 1.44 bits per heavy atom. The monoisotopic (exact) mass is 1340 g/mol. The van der Waals surface area contributed by atoms with Gasteiger partial charge in [0.15, 0.2) is 0 Å². The van der Waals surface area contributed by atoms with E-state index in [1.54, 1.807) is 102 Å². The van der Waals surface area contributed by atoms with Gasteiger partial charge in [-0.25, -0.2) is 29.1 Å². The van der Waals surface area contributed by atoms with E-state index in [-0.39, 0.29) is 58.8 Å². The standard InChI is InChI=1S/C29H32N8O3.C20H24ClN5O3.C15H20BN3O2.C2H4Cl2/c1-29(2,3)40-28(39)36-12-6-7-20(17-36)37-26-24(35(5)27(37)38)15-31-23-11-10-22(33-25(23)26)18-8-9-21(30-13-18)19-14-32-34(4)16-19;1-20(2,3)29-19(28)25-9-5-6-12(11-25)26-17-14(24(4)18(26)27)10-22-13-7-8-15(21)23-16(13)17;1-14(2)15(3,4)21-16(20-14)12-6-7-13(17-9-12)11-8-18-19(5)10-11;1-2(3)4/h8-11,13-16,20H,6-7,12,17H2,1-5H3;7-8,10,12H,5-6,9,11H2,1-4H3;6-10H,1-5H3;2H,1H3. The lowest BCUT2D eigenvalue weighted by atomic mass is 9.80. The molecule has 28 heteroatoms. The van der Waals surface area contributed by atoms with Crippen LogP contribution in [0.3, 0.4) is 0 Å². The summed E-state index contributed by atoms with van der Waals surface area (Å²) in [5.74, 6) is 0. The van der Waals surface area contributed by atoms with Crippen molar-refractivity contribution in [3.63, 3.8) is 0 Å². The van der Waals surface area contributed by atoms with E-state index in [0.29, 0.717) is 69.9 Å². The highest BCUT2D eigenvalue weighted by Gasteiger charge is 2.52. The fourth-order valence-electron chi connectivity index (χ4n) is 11.4. The molecule has 0 saturated carbocycles. The third-order valence-electron chi connectivity index (χ3n) is 16.7. The number of carbonyl (C=O) groups is 2. The number of pyridine rings is 6. The Hall–Kier alpha value is -8.23. The van der Waals surface area contributed by atoms with E-state index in [2.05, 4.69) is 35.1 Å². The molecule has 0 bridgehead atoms. The number of hydrogen-bond acceptors (Lipinski definition) is 16. The molecule has 2 amide bonds. The van der Waals surface area contributed by atoms with Crippen LogP contribution in [0.15, 0.2) is 108 Å². The first-order valence-electron chi connectivity index (χ1n) is 31.1. The number of rotatable bonds is 6. The maximum absolute atomic E-state index is 13.6. The molecule has 0 aliphatic carbocycles. The molecular weight excluding hydrogens is 1260 g/mol. The Bertz CT molecular complexity index is 4510. The molecule has 10 aromatic rings.